The number of halogens is 1. The first-order valence-electron chi connectivity index (χ1n) is 10.1. The number of aryl methyl sites for hydroxylation is 1. The van der Waals surface area contributed by atoms with Gasteiger partial charge in [-0.05, 0) is 49.9 Å². The van der Waals surface area contributed by atoms with Crippen LogP contribution in [0.25, 0.3) is 0 Å². The number of aromatic nitrogens is 1. The Kier molecular flexibility index (Phi) is 5.74. The highest BCUT2D eigenvalue weighted by atomic mass is 19.1. The van der Waals surface area contributed by atoms with Crippen LogP contribution in [-0.4, -0.2) is 52.7 Å². The van der Waals surface area contributed by atoms with Gasteiger partial charge >= 0.3 is 0 Å². The maximum Gasteiger partial charge on any atom is 0.260 e. The number of likely N-dealkylation sites (N-methyl/N-ethyl adjacent to an activating group) is 1. The van der Waals surface area contributed by atoms with E-state index in [1.807, 2.05) is 6.07 Å². The highest BCUT2D eigenvalue weighted by Gasteiger charge is 2.31. The number of benzene rings is 1. The SMILES string of the molecule is Cc1cc(O)c([C@@H](c2ccc(F)cc2)N2CCN(C)CC2)c(=O)n1Cc1ccco1. The van der Waals surface area contributed by atoms with Crippen LogP contribution in [0.4, 0.5) is 4.39 Å². The van der Waals surface area contributed by atoms with Gasteiger partial charge in [0.25, 0.3) is 5.56 Å². The van der Waals surface area contributed by atoms with Crippen molar-refractivity contribution in [1.82, 2.24) is 14.4 Å². The van der Waals surface area contributed by atoms with Crippen molar-refractivity contribution in [3.8, 4) is 5.75 Å². The number of hydrogen-bond donors (Lipinski definition) is 1. The Morgan fingerprint density at radius 3 is 2.47 bits per heavy atom. The molecule has 0 amide bonds. The van der Waals surface area contributed by atoms with Gasteiger partial charge in [0.15, 0.2) is 0 Å². The molecule has 158 valence electrons. The average Bonchev–Trinajstić information content (AvgIpc) is 3.23. The molecular formula is C23H26FN3O3. The summed E-state index contributed by atoms with van der Waals surface area (Å²) in [6.07, 6.45) is 1.57. The predicted octanol–water partition coefficient (Wildman–Crippen LogP) is 2.98. The summed E-state index contributed by atoms with van der Waals surface area (Å²) in [7, 11) is 2.06. The third kappa shape index (κ3) is 4.04. The van der Waals surface area contributed by atoms with Gasteiger partial charge in [-0.2, -0.15) is 0 Å². The van der Waals surface area contributed by atoms with E-state index in [-0.39, 0.29) is 23.7 Å². The number of pyridine rings is 1. The van der Waals surface area contributed by atoms with E-state index >= 15 is 0 Å². The summed E-state index contributed by atoms with van der Waals surface area (Å²) in [6, 6.07) is 10.9. The minimum absolute atomic E-state index is 0.0403. The molecule has 0 aliphatic carbocycles. The van der Waals surface area contributed by atoms with E-state index < -0.39 is 6.04 Å². The van der Waals surface area contributed by atoms with Gasteiger partial charge in [0.1, 0.15) is 17.3 Å². The van der Waals surface area contributed by atoms with E-state index in [4.69, 9.17) is 4.42 Å². The van der Waals surface area contributed by atoms with Crippen LogP contribution in [-0.2, 0) is 6.54 Å². The van der Waals surface area contributed by atoms with E-state index in [2.05, 4.69) is 16.8 Å². The molecule has 1 aliphatic rings. The highest BCUT2D eigenvalue weighted by molar-refractivity contribution is 5.41. The van der Waals surface area contributed by atoms with E-state index in [9.17, 15) is 14.3 Å². The summed E-state index contributed by atoms with van der Waals surface area (Å²) in [4.78, 5) is 18.0. The molecule has 7 heteroatoms. The van der Waals surface area contributed by atoms with Crippen molar-refractivity contribution in [2.45, 2.75) is 19.5 Å². The Morgan fingerprint density at radius 1 is 1.13 bits per heavy atom. The molecule has 1 aliphatic heterocycles. The molecule has 0 unspecified atom stereocenters. The fourth-order valence-electron chi connectivity index (χ4n) is 4.07. The van der Waals surface area contributed by atoms with E-state index in [1.54, 1.807) is 42.0 Å². The van der Waals surface area contributed by atoms with Crippen molar-refractivity contribution >= 4 is 0 Å². The number of rotatable bonds is 5. The second-order valence-corrected chi connectivity index (χ2v) is 7.85. The van der Waals surface area contributed by atoms with Crippen molar-refractivity contribution in [2.75, 3.05) is 33.2 Å². The van der Waals surface area contributed by atoms with Crippen LogP contribution >= 0.6 is 0 Å². The van der Waals surface area contributed by atoms with E-state index in [1.165, 1.54) is 12.1 Å². The molecule has 0 spiro atoms. The van der Waals surface area contributed by atoms with Crippen LogP contribution in [0.2, 0.25) is 0 Å². The molecule has 1 aromatic carbocycles. The van der Waals surface area contributed by atoms with E-state index in [0.29, 0.717) is 17.0 Å². The zero-order valence-electron chi connectivity index (χ0n) is 17.2. The average molecular weight is 411 g/mol. The molecule has 3 heterocycles. The lowest BCUT2D eigenvalue weighted by Gasteiger charge is -2.38. The van der Waals surface area contributed by atoms with Gasteiger partial charge in [0.05, 0.1) is 24.4 Å². The third-order valence-corrected chi connectivity index (χ3v) is 5.78. The van der Waals surface area contributed by atoms with Crippen molar-refractivity contribution in [3.63, 3.8) is 0 Å². The number of furan rings is 1. The maximum atomic E-state index is 13.6. The lowest BCUT2D eigenvalue weighted by Crippen LogP contribution is -2.47. The molecule has 3 aromatic rings. The lowest BCUT2D eigenvalue weighted by atomic mass is 9.96. The second kappa shape index (κ2) is 8.45. The largest absolute Gasteiger partial charge is 0.507 e. The van der Waals surface area contributed by atoms with Crippen LogP contribution in [0.15, 0.2) is 57.9 Å². The molecular weight excluding hydrogens is 385 g/mol. The van der Waals surface area contributed by atoms with Crippen LogP contribution in [0.5, 0.6) is 5.75 Å². The Bertz CT molecular complexity index is 1050. The van der Waals surface area contributed by atoms with Crippen molar-refractivity contribution in [3.05, 3.63) is 87.5 Å². The van der Waals surface area contributed by atoms with Gasteiger partial charge in [-0.25, -0.2) is 4.39 Å². The van der Waals surface area contributed by atoms with Crippen LogP contribution in [0, 0.1) is 12.7 Å². The van der Waals surface area contributed by atoms with Gasteiger partial charge in [-0.15, -0.1) is 0 Å². The summed E-state index contributed by atoms with van der Waals surface area (Å²) in [5.41, 5.74) is 1.47. The number of aromatic hydroxyl groups is 1. The molecule has 1 atom stereocenters. The highest BCUT2D eigenvalue weighted by Crippen LogP contribution is 2.33. The van der Waals surface area contributed by atoms with Crippen molar-refractivity contribution in [1.29, 1.82) is 0 Å². The summed E-state index contributed by atoms with van der Waals surface area (Å²) >= 11 is 0. The molecule has 0 bridgehead atoms. The fraction of sp³-hybridized carbons (Fsp3) is 0.348. The van der Waals surface area contributed by atoms with Crippen molar-refractivity contribution in [2.24, 2.45) is 0 Å². The molecule has 4 rings (SSSR count). The Labute approximate surface area is 174 Å². The summed E-state index contributed by atoms with van der Waals surface area (Å²) < 4.78 is 20.6. The fourth-order valence-corrected chi connectivity index (χ4v) is 4.07. The predicted molar refractivity (Wildman–Crippen MR) is 112 cm³/mol. The standard InChI is InChI=1S/C23H26FN3O3/c1-16-14-20(28)21(23(29)27(16)15-19-4-3-13-30-19)22(17-5-7-18(24)8-6-17)26-11-9-25(2)10-12-26/h3-8,13-14,22,28H,9-12,15H2,1-2H3/t22-/m1/s1. The number of nitrogens with zero attached hydrogens (tertiary/aromatic N) is 3. The molecule has 2 aromatic heterocycles. The van der Waals surface area contributed by atoms with Crippen LogP contribution in [0.1, 0.15) is 28.6 Å². The molecule has 1 saturated heterocycles. The third-order valence-electron chi connectivity index (χ3n) is 5.78. The zero-order chi connectivity index (χ0) is 21.3. The minimum Gasteiger partial charge on any atom is -0.507 e. The summed E-state index contributed by atoms with van der Waals surface area (Å²) in [6.45, 7) is 5.25. The quantitative estimate of drug-likeness (QED) is 0.700. The molecule has 30 heavy (non-hydrogen) atoms. The molecule has 1 N–H and O–H groups in total. The first kappa shape index (κ1) is 20.4. The summed E-state index contributed by atoms with van der Waals surface area (Å²) in [5, 5.41) is 10.8. The monoisotopic (exact) mass is 411 g/mol. The topological polar surface area (TPSA) is 61.9 Å². The Balaban J connectivity index is 1.83. The summed E-state index contributed by atoms with van der Waals surface area (Å²) in [5.74, 6) is 0.287. The minimum atomic E-state index is -0.463. The van der Waals surface area contributed by atoms with E-state index in [0.717, 1.165) is 31.7 Å². The molecule has 0 radical (unpaired) electrons. The maximum absolute atomic E-state index is 13.6. The molecule has 6 nitrogen and oxygen atoms in total. The van der Waals surface area contributed by atoms with Gasteiger partial charge in [0, 0.05) is 31.9 Å². The molecule has 0 saturated carbocycles. The van der Waals surface area contributed by atoms with Crippen LogP contribution < -0.4 is 5.56 Å². The second-order valence-electron chi connectivity index (χ2n) is 7.85. The van der Waals surface area contributed by atoms with Gasteiger partial charge in [-0.1, -0.05) is 12.1 Å². The molecule has 1 fully saturated rings. The van der Waals surface area contributed by atoms with Crippen LogP contribution in [0.3, 0.4) is 0 Å². The zero-order valence-corrected chi connectivity index (χ0v) is 17.2. The van der Waals surface area contributed by atoms with Gasteiger partial charge in [-0.3, -0.25) is 9.69 Å². The smallest absolute Gasteiger partial charge is 0.260 e. The van der Waals surface area contributed by atoms with Gasteiger partial charge in [0.2, 0.25) is 0 Å². The first-order chi connectivity index (χ1) is 14.4. The number of hydrogen-bond acceptors (Lipinski definition) is 5. The number of piperazine rings is 1. The van der Waals surface area contributed by atoms with Gasteiger partial charge < -0.3 is 19.0 Å². The lowest BCUT2D eigenvalue weighted by molar-refractivity contribution is 0.125. The normalized spacial score (nSPS) is 16.6. The Morgan fingerprint density at radius 2 is 1.83 bits per heavy atom. The first-order valence-corrected chi connectivity index (χ1v) is 10.1. The Hall–Kier alpha value is -2.90. The van der Waals surface area contributed by atoms with Crippen molar-refractivity contribution < 1.29 is 13.9 Å².